The molecule has 0 radical (unpaired) electrons. The number of carbonyl (C=O) groups is 8. The summed E-state index contributed by atoms with van der Waals surface area (Å²) in [5.41, 5.74) is -1.18. The van der Waals surface area contributed by atoms with Gasteiger partial charge < -0.3 is 37.9 Å². The van der Waals surface area contributed by atoms with Crippen LogP contribution < -0.4 is 0 Å². The molecule has 10 saturated carbocycles. The van der Waals surface area contributed by atoms with Crippen LogP contribution in [0.2, 0.25) is 0 Å². The molecular formula is C68H100O31S5. The molecule has 36 heteroatoms. The highest BCUT2D eigenvalue weighted by atomic mass is 32.2. The summed E-state index contributed by atoms with van der Waals surface area (Å²) in [5.74, 6) is -4.26. The van der Waals surface area contributed by atoms with E-state index in [1.807, 2.05) is 55.4 Å². The van der Waals surface area contributed by atoms with E-state index >= 15 is 0 Å². The molecule has 28 unspecified atom stereocenters. The lowest BCUT2D eigenvalue weighted by molar-refractivity contribution is -0.171. The van der Waals surface area contributed by atoms with E-state index in [-0.39, 0.29) is 112 Å². The second-order valence-electron chi connectivity index (χ2n) is 32.3. The minimum Gasteiger partial charge on any atom is -0.459 e. The molecule has 0 spiro atoms. The van der Waals surface area contributed by atoms with E-state index in [9.17, 15) is 80.4 Å². The van der Waals surface area contributed by atoms with Crippen molar-refractivity contribution in [1.82, 2.24) is 0 Å². The Kier molecular flexibility index (Phi) is 23.1. The first-order valence-corrected chi connectivity index (χ1v) is 44.0. The zero-order valence-corrected chi connectivity index (χ0v) is 64.7. The van der Waals surface area contributed by atoms with Crippen LogP contribution in [-0.4, -0.2) is 197 Å². The van der Waals surface area contributed by atoms with E-state index in [1.165, 1.54) is 0 Å². The van der Waals surface area contributed by atoms with Crippen LogP contribution in [0.25, 0.3) is 0 Å². The number of hydrogen-bond acceptors (Lipinski definition) is 31. The van der Waals surface area contributed by atoms with Gasteiger partial charge in [0, 0.05) is 59.2 Å². The second-order valence-corrected chi connectivity index (χ2v) is 41.2. The van der Waals surface area contributed by atoms with Gasteiger partial charge in [-0.3, -0.25) is 44.9 Å². The molecule has 31 nitrogen and oxygen atoms in total. The normalized spacial score (nSPS) is 40.1. The number of esters is 8. The van der Waals surface area contributed by atoms with E-state index in [0.29, 0.717) is 77.0 Å². The minimum absolute atomic E-state index is 0.0130. The maximum absolute atomic E-state index is 12.1. The van der Waals surface area contributed by atoms with Crippen LogP contribution in [0.15, 0.2) is 0 Å². The first-order valence-electron chi connectivity index (χ1n) is 36.6. The smallest absolute Gasteiger partial charge is 0.344 e. The summed E-state index contributed by atoms with van der Waals surface area (Å²) in [6.45, 7) is 20.5. The molecule has 5 saturated heterocycles. The van der Waals surface area contributed by atoms with Gasteiger partial charge in [0.05, 0.1) is 54.8 Å². The van der Waals surface area contributed by atoms with Gasteiger partial charge >= 0.3 is 47.8 Å². The Morgan fingerprint density at radius 3 is 0.817 bits per heavy atom. The van der Waals surface area contributed by atoms with Gasteiger partial charge in [-0.1, -0.05) is 55.4 Å². The van der Waals surface area contributed by atoms with Crippen LogP contribution in [0, 0.1) is 87.8 Å². The molecule has 10 aliphatic carbocycles. The molecule has 10 bridgehead atoms. The summed E-state index contributed by atoms with van der Waals surface area (Å²) in [5, 5.41) is -2.06. The molecule has 0 amide bonds. The van der Waals surface area contributed by atoms with E-state index in [2.05, 4.69) is 0 Å². The Morgan fingerprint density at radius 1 is 0.327 bits per heavy atom. The van der Waals surface area contributed by atoms with Crippen molar-refractivity contribution in [2.75, 3.05) is 19.8 Å². The summed E-state index contributed by atoms with van der Waals surface area (Å²) in [6, 6.07) is 0. The Morgan fingerprint density at radius 2 is 0.558 bits per heavy atom. The monoisotopic (exact) mass is 1570 g/mol. The van der Waals surface area contributed by atoms with Crippen molar-refractivity contribution >= 4 is 98.3 Å². The molecule has 5 heterocycles. The number of fused-ring (bicyclic) bond motifs is 5. The molecule has 0 aromatic rings. The third-order valence-corrected chi connectivity index (χ3v) is 34.1. The highest BCUT2D eigenvalue weighted by Crippen LogP contribution is 2.60. The molecule has 0 N–H and O–H groups in total. The standard InChI is InChI=1S/C15H22O7S.2C14H20O7S.C13H20O5S.C12H18O5S/c1-4-15(2,3)14(17)20-7-11(16)21-12-8-5-9-10(6-8)23(18,19)22-13(9)12;2*1-3-7(2)14(16)19-6-11(15)20-12-8-4-9-10(5-8)22(17,18)21-13(9)12;1-4-13(2,3)12(14)17-10-7-5-8-9(6-7)19(15,16)18-11(8)10;1-3-6(2)12(13)16-10-7-4-8-9(5-7)18(14,15)17-11(8)10/h8-10,12-13H,4-7H2,1-3H3;2*7-10,12-13H,3-6H2,1-2H3;7-11H,4-6H2,1-3H3;6-11H,3-5H2,1-2H3. The van der Waals surface area contributed by atoms with Gasteiger partial charge in [-0.15, -0.1) is 0 Å². The largest absolute Gasteiger partial charge is 0.459 e. The fourth-order valence-electron chi connectivity index (χ4n) is 18.0. The van der Waals surface area contributed by atoms with Crippen molar-refractivity contribution in [3.8, 4) is 0 Å². The van der Waals surface area contributed by atoms with Gasteiger partial charge in [-0.25, -0.2) is 14.4 Å². The van der Waals surface area contributed by atoms with E-state index in [4.69, 9.17) is 58.8 Å². The lowest BCUT2D eigenvalue weighted by Gasteiger charge is -2.29. The third-order valence-electron chi connectivity index (χ3n) is 25.3. The van der Waals surface area contributed by atoms with Crippen LogP contribution in [0.4, 0.5) is 0 Å². The predicted molar refractivity (Wildman–Crippen MR) is 358 cm³/mol. The van der Waals surface area contributed by atoms with Gasteiger partial charge in [0.2, 0.25) is 0 Å². The maximum atomic E-state index is 12.1. The van der Waals surface area contributed by atoms with Gasteiger partial charge in [0.25, 0.3) is 50.6 Å². The Labute approximate surface area is 608 Å². The van der Waals surface area contributed by atoms with Crippen LogP contribution in [-0.2, 0) is 148 Å². The fourth-order valence-corrected chi connectivity index (χ4v) is 27.4. The summed E-state index contributed by atoms with van der Waals surface area (Å²) in [4.78, 5) is 94.4. The summed E-state index contributed by atoms with van der Waals surface area (Å²) >= 11 is 0. The number of hydrogen-bond donors (Lipinski definition) is 0. The minimum atomic E-state index is -3.53. The van der Waals surface area contributed by atoms with Crippen LogP contribution in [0.3, 0.4) is 0 Å². The Hall–Kier alpha value is -4.69. The van der Waals surface area contributed by atoms with Crippen molar-refractivity contribution in [2.45, 2.75) is 267 Å². The molecule has 15 aliphatic rings. The number of ether oxygens (including phenoxy) is 8. The first-order chi connectivity index (χ1) is 48.5. The third kappa shape index (κ3) is 15.5. The molecule has 5 aliphatic heterocycles. The van der Waals surface area contributed by atoms with Crippen molar-refractivity contribution in [3.05, 3.63) is 0 Å². The molecule has 0 aromatic heterocycles. The average Bonchev–Trinajstić information content (AvgIpc) is 1.60. The SMILES string of the molecule is CCC(C)(C)C(=O)OC1C2CC3C1OS(=O)(=O)C3C2.CCC(C)(C)C(=O)OCC(=O)OC1C2CC3C1OS(=O)(=O)C3C2.CCC(C)C(=O)OC1C2CC3C1OS(=O)(=O)C3C2.CCC(C)C(=O)OCC(=O)OC1C2CC3C1OS(=O)(=O)C3C2.CCC(C)C(=O)OCC(=O)OC1C2CC3C1OS(=O)(=O)C3C2. The van der Waals surface area contributed by atoms with E-state index in [0.717, 1.165) is 19.3 Å². The predicted octanol–water partition coefficient (Wildman–Crippen LogP) is 4.82. The molecule has 0 aromatic carbocycles. The van der Waals surface area contributed by atoms with Gasteiger partial charge in [0.15, 0.2) is 19.8 Å². The second kappa shape index (κ2) is 29.9. The zero-order valence-electron chi connectivity index (χ0n) is 60.6. The quantitative estimate of drug-likeness (QED) is 0.0844. The van der Waals surface area contributed by atoms with Crippen LogP contribution >= 0.6 is 0 Å². The lowest BCUT2D eigenvalue weighted by atomic mass is 9.89. The number of carbonyl (C=O) groups excluding carboxylic acids is 8. The van der Waals surface area contributed by atoms with Crippen molar-refractivity contribution < 1.29 is 139 Å². The Bertz CT molecular complexity index is 3830. The summed E-state index contributed by atoms with van der Waals surface area (Å²) in [6.07, 6.45) is 4.67. The van der Waals surface area contributed by atoms with Gasteiger partial charge in [0.1, 0.15) is 61.0 Å². The zero-order chi connectivity index (χ0) is 76.2. The lowest BCUT2D eigenvalue weighted by Crippen LogP contribution is -2.40. The Balaban J connectivity index is 0.000000130. The average molecular weight is 1570 g/mol. The van der Waals surface area contributed by atoms with Crippen molar-refractivity contribution in [2.24, 2.45) is 87.8 Å². The highest BCUT2D eigenvalue weighted by Gasteiger charge is 2.70. The van der Waals surface area contributed by atoms with E-state index < -0.39 is 182 Å². The maximum Gasteiger partial charge on any atom is 0.344 e. The molecule has 15 rings (SSSR count). The molecular weight excluding hydrogens is 1470 g/mol. The number of rotatable bonds is 21. The van der Waals surface area contributed by atoms with Crippen LogP contribution in [0.1, 0.15) is 179 Å². The molecule has 104 heavy (non-hydrogen) atoms. The van der Waals surface area contributed by atoms with Crippen molar-refractivity contribution in [1.29, 1.82) is 0 Å². The summed E-state index contributed by atoms with van der Waals surface area (Å²) in [7, 11) is -17.4. The van der Waals surface area contributed by atoms with Crippen LogP contribution in [0.5, 0.6) is 0 Å². The fraction of sp³-hybridized carbons (Fsp3) is 0.882. The van der Waals surface area contributed by atoms with Crippen molar-refractivity contribution in [3.63, 3.8) is 0 Å². The van der Waals surface area contributed by atoms with E-state index in [1.54, 1.807) is 27.7 Å². The summed E-state index contributed by atoms with van der Waals surface area (Å²) < 4.78 is 186. The van der Waals surface area contributed by atoms with Gasteiger partial charge in [-0.05, 0) is 124 Å². The molecule has 15 fully saturated rings. The first kappa shape index (κ1) is 80.3. The highest BCUT2D eigenvalue weighted by molar-refractivity contribution is 7.88. The topological polar surface area (TPSA) is 427 Å². The van der Waals surface area contributed by atoms with Gasteiger partial charge in [-0.2, -0.15) is 42.1 Å². The molecule has 588 valence electrons. The molecule has 28 atom stereocenters.